The van der Waals surface area contributed by atoms with E-state index in [1.54, 1.807) is 17.4 Å². The molecule has 1 fully saturated rings. The van der Waals surface area contributed by atoms with Crippen LogP contribution >= 0.6 is 11.3 Å². The van der Waals surface area contributed by atoms with Crippen molar-refractivity contribution in [2.24, 2.45) is 0 Å². The van der Waals surface area contributed by atoms with Gasteiger partial charge < -0.3 is 10.2 Å². The number of benzene rings is 1. The van der Waals surface area contributed by atoms with Crippen LogP contribution in [0, 0.1) is 0 Å². The van der Waals surface area contributed by atoms with Crippen molar-refractivity contribution < 1.29 is 9.59 Å². The molecule has 1 aliphatic heterocycles. The molecule has 5 heteroatoms. The van der Waals surface area contributed by atoms with Gasteiger partial charge in [-0.15, -0.1) is 11.3 Å². The van der Waals surface area contributed by atoms with Gasteiger partial charge in [0, 0.05) is 36.2 Å². The highest BCUT2D eigenvalue weighted by atomic mass is 32.1. The first-order chi connectivity index (χ1) is 11.2. The number of hydrogen-bond donors (Lipinski definition) is 1. The summed E-state index contributed by atoms with van der Waals surface area (Å²) in [7, 11) is 0. The molecule has 1 aromatic carbocycles. The van der Waals surface area contributed by atoms with Crippen LogP contribution in [0.25, 0.3) is 6.08 Å². The molecule has 1 saturated heterocycles. The Balaban J connectivity index is 1.52. The van der Waals surface area contributed by atoms with Gasteiger partial charge in [-0.2, -0.15) is 0 Å². The van der Waals surface area contributed by atoms with Gasteiger partial charge in [0.15, 0.2) is 0 Å². The van der Waals surface area contributed by atoms with Crippen LogP contribution in [0.5, 0.6) is 0 Å². The van der Waals surface area contributed by atoms with E-state index in [4.69, 9.17) is 0 Å². The number of amides is 2. The third-order valence-corrected chi connectivity index (χ3v) is 4.57. The van der Waals surface area contributed by atoms with E-state index in [1.165, 1.54) is 0 Å². The summed E-state index contributed by atoms with van der Waals surface area (Å²) in [6, 6.07) is 11.7. The molecular weight excluding hydrogens is 308 g/mol. The van der Waals surface area contributed by atoms with Gasteiger partial charge >= 0.3 is 0 Å². The standard InChI is InChI=1S/C18H18N2O2S/c21-17(10-9-16-3-2-12-23-16)19-13-14-5-7-15(8-6-14)20-11-1-4-18(20)22/h2-3,5-10,12H,1,4,11,13H2,(H,19,21)/b10-9+. The van der Waals surface area contributed by atoms with E-state index in [9.17, 15) is 9.59 Å². The molecule has 0 radical (unpaired) electrons. The molecule has 118 valence electrons. The number of nitrogens with one attached hydrogen (secondary N) is 1. The lowest BCUT2D eigenvalue weighted by molar-refractivity contribution is -0.117. The molecule has 0 saturated carbocycles. The average Bonchev–Trinajstić information content (AvgIpc) is 3.23. The summed E-state index contributed by atoms with van der Waals surface area (Å²) < 4.78 is 0. The fourth-order valence-corrected chi connectivity index (χ4v) is 3.12. The first kappa shape index (κ1) is 15.5. The van der Waals surface area contributed by atoms with Crippen molar-refractivity contribution in [1.82, 2.24) is 5.32 Å². The summed E-state index contributed by atoms with van der Waals surface area (Å²) in [6.07, 6.45) is 4.91. The van der Waals surface area contributed by atoms with Gasteiger partial charge in [0.25, 0.3) is 0 Å². The molecule has 23 heavy (non-hydrogen) atoms. The number of anilines is 1. The molecule has 0 aliphatic carbocycles. The summed E-state index contributed by atoms with van der Waals surface area (Å²) in [5.41, 5.74) is 1.94. The van der Waals surface area contributed by atoms with Crippen LogP contribution in [0.1, 0.15) is 23.3 Å². The Kier molecular flexibility index (Phi) is 4.88. The Labute approximate surface area is 139 Å². The van der Waals surface area contributed by atoms with Crippen molar-refractivity contribution >= 4 is 34.9 Å². The number of thiophene rings is 1. The van der Waals surface area contributed by atoms with Gasteiger partial charge in [-0.1, -0.05) is 18.2 Å². The molecule has 1 aromatic heterocycles. The van der Waals surface area contributed by atoms with Crippen LogP contribution in [0.2, 0.25) is 0 Å². The molecule has 0 bridgehead atoms. The quantitative estimate of drug-likeness (QED) is 0.858. The Hall–Kier alpha value is -2.40. The highest BCUT2D eigenvalue weighted by molar-refractivity contribution is 7.10. The van der Waals surface area contributed by atoms with Crippen molar-refractivity contribution in [2.75, 3.05) is 11.4 Å². The minimum atomic E-state index is -0.114. The predicted octanol–water partition coefficient (Wildman–Crippen LogP) is 3.20. The fraction of sp³-hybridized carbons (Fsp3) is 0.222. The minimum absolute atomic E-state index is 0.114. The van der Waals surface area contributed by atoms with E-state index in [2.05, 4.69) is 5.32 Å². The zero-order valence-corrected chi connectivity index (χ0v) is 13.5. The SMILES string of the molecule is O=C(/C=C/c1cccs1)NCc1ccc(N2CCCC2=O)cc1. The number of carbonyl (C=O) groups is 2. The highest BCUT2D eigenvalue weighted by Gasteiger charge is 2.21. The normalized spacial score (nSPS) is 14.6. The maximum Gasteiger partial charge on any atom is 0.244 e. The zero-order valence-electron chi connectivity index (χ0n) is 12.7. The van der Waals surface area contributed by atoms with Crippen LogP contribution in [-0.4, -0.2) is 18.4 Å². The van der Waals surface area contributed by atoms with Crippen LogP contribution < -0.4 is 10.2 Å². The lowest BCUT2D eigenvalue weighted by Crippen LogP contribution is -2.23. The Bertz CT molecular complexity index is 705. The van der Waals surface area contributed by atoms with Gasteiger partial charge in [-0.25, -0.2) is 0 Å². The maximum atomic E-state index is 11.8. The Morgan fingerprint density at radius 2 is 2.09 bits per heavy atom. The van der Waals surface area contributed by atoms with E-state index >= 15 is 0 Å². The number of nitrogens with zero attached hydrogens (tertiary/aromatic N) is 1. The fourth-order valence-electron chi connectivity index (χ4n) is 2.51. The molecule has 0 atom stereocenters. The summed E-state index contributed by atoms with van der Waals surface area (Å²) in [4.78, 5) is 26.4. The third kappa shape index (κ3) is 4.07. The van der Waals surface area contributed by atoms with Crippen LogP contribution in [0.15, 0.2) is 47.9 Å². The van der Waals surface area contributed by atoms with E-state index in [0.29, 0.717) is 13.0 Å². The van der Waals surface area contributed by atoms with Crippen molar-refractivity contribution in [2.45, 2.75) is 19.4 Å². The molecule has 4 nitrogen and oxygen atoms in total. The lowest BCUT2D eigenvalue weighted by atomic mass is 10.2. The summed E-state index contributed by atoms with van der Waals surface area (Å²) in [6.45, 7) is 1.27. The van der Waals surface area contributed by atoms with Gasteiger partial charge in [-0.05, 0) is 41.6 Å². The van der Waals surface area contributed by atoms with Crippen LogP contribution in [0.3, 0.4) is 0 Å². The van der Waals surface area contributed by atoms with Crippen molar-refractivity contribution in [3.8, 4) is 0 Å². The van der Waals surface area contributed by atoms with Gasteiger partial charge in [0.05, 0.1) is 0 Å². The van der Waals surface area contributed by atoms with E-state index in [0.717, 1.165) is 29.1 Å². The maximum absolute atomic E-state index is 11.8. The largest absolute Gasteiger partial charge is 0.348 e. The van der Waals surface area contributed by atoms with Gasteiger partial charge in [-0.3, -0.25) is 9.59 Å². The van der Waals surface area contributed by atoms with Crippen molar-refractivity contribution in [3.63, 3.8) is 0 Å². The average molecular weight is 326 g/mol. The number of carbonyl (C=O) groups excluding carboxylic acids is 2. The van der Waals surface area contributed by atoms with E-state index in [1.807, 2.05) is 52.8 Å². The van der Waals surface area contributed by atoms with Crippen LogP contribution in [0.4, 0.5) is 5.69 Å². The number of rotatable bonds is 5. The van der Waals surface area contributed by atoms with Gasteiger partial charge in [0.1, 0.15) is 0 Å². The molecule has 1 aliphatic rings. The molecule has 3 rings (SSSR count). The van der Waals surface area contributed by atoms with Crippen molar-refractivity contribution in [3.05, 3.63) is 58.3 Å². The first-order valence-corrected chi connectivity index (χ1v) is 8.49. The second-order valence-electron chi connectivity index (χ2n) is 5.38. The number of hydrogen-bond acceptors (Lipinski definition) is 3. The molecule has 2 amide bonds. The summed E-state index contributed by atoms with van der Waals surface area (Å²) in [5, 5.41) is 4.83. The predicted molar refractivity (Wildman–Crippen MR) is 93.2 cm³/mol. The second kappa shape index (κ2) is 7.24. The van der Waals surface area contributed by atoms with E-state index < -0.39 is 0 Å². The Morgan fingerprint density at radius 1 is 1.26 bits per heavy atom. The topological polar surface area (TPSA) is 49.4 Å². The van der Waals surface area contributed by atoms with E-state index in [-0.39, 0.29) is 11.8 Å². The van der Waals surface area contributed by atoms with Crippen LogP contribution in [-0.2, 0) is 16.1 Å². The monoisotopic (exact) mass is 326 g/mol. The van der Waals surface area contributed by atoms with Crippen molar-refractivity contribution in [1.29, 1.82) is 0 Å². The molecule has 1 N–H and O–H groups in total. The molecule has 2 heterocycles. The Morgan fingerprint density at radius 3 is 2.74 bits per heavy atom. The smallest absolute Gasteiger partial charge is 0.244 e. The third-order valence-electron chi connectivity index (χ3n) is 3.73. The summed E-state index contributed by atoms with van der Waals surface area (Å²) >= 11 is 1.59. The first-order valence-electron chi connectivity index (χ1n) is 7.61. The zero-order chi connectivity index (χ0) is 16.1. The minimum Gasteiger partial charge on any atom is -0.348 e. The molecule has 2 aromatic rings. The molecule has 0 unspecified atom stereocenters. The molecule has 0 spiro atoms. The van der Waals surface area contributed by atoms with Gasteiger partial charge in [0.2, 0.25) is 11.8 Å². The lowest BCUT2D eigenvalue weighted by Gasteiger charge is -2.15. The highest BCUT2D eigenvalue weighted by Crippen LogP contribution is 2.21. The second-order valence-corrected chi connectivity index (χ2v) is 6.36. The summed E-state index contributed by atoms with van der Waals surface area (Å²) in [5.74, 6) is 0.0713. The molecular formula is C18H18N2O2S.